The van der Waals surface area contributed by atoms with Crippen LogP contribution in [0.4, 0.5) is 11.6 Å². The van der Waals surface area contributed by atoms with Crippen molar-refractivity contribution >= 4 is 45.6 Å². The highest BCUT2D eigenvalue weighted by Gasteiger charge is 2.12. The number of nitrogens with one attached hydrogen (secondary N) is 1. The van der Waals surface area contributed by atoms with Gasteiger partial charge in [0.15, 0.2) is 11.0 Å². The van der Waals surface area contributed by atoms with Gasteiger partial charge in [0.25, 0.3) is 0 Å². The van der Waals surface area contributed by atoms with Gasteiger partial charge >= 0.3 is 0 Å². The molecule has 2 heterocycles. The number of aliphatic imine (C=N–C) groups is 1. The molecule has 3 rings (SSSR count). The number of anilines is 2. The quantitative estimate of drug-likeness (QED) is 0.744. The number of rotatable bonds is 4. The highest BCUT2D eigenvalue weighted by Crippen LogP contribution is 2.19. The van der Waals surface area contributed by atoms with Crippen LogP contribution in [-0.2, 0) is 7.05 Å². The maximum Gasteiger partial charge on any atom is 0.247 e. The van der Waals surface area contributed by atoms with Gasteiger partial charge in [-0.1, -0.05) is 23.4 Å². The molecular formula is C13H13ClN8. The van der Waals surface area contributed by atoms with Crippen LogP contribution in [0.5, 0.6) is 0 Å². The summed E-state index contributed by atoms with van der Waals surface area (Å²) in [7, 11) is 3.42. The largest absolute Gasteiger partial charge is 0.323 e. The molecule has 0 bridgehead atoms. The van der Waals surface area contributed by atoms with Crippen LogP contribution in [0.25, 0.3) is 17.2 Å². The predicted octanol–water partition coefficient (Wildman–Crippen LogP) is 2.02. The zero-order valence-corrected chi connectivity index (χ0v) is 12.8. The topological polar surface area (TPSA) is 85.8 Å². The van der Waals surface area contributed by atoms with E-state index >= 15 is 0 Å². The van der Waals surface area contributed by atoms with Gasteiger partial charge in [0, 0.05) is 26.0 Å². The first-order chi connectivity index (χ1) is 10.6. The van der Waals surface area contributed by atoms with Crippen LogP contribution in [0.3, 0.4) is 0 Å². The Morgan fingerprint density at radius 3 is 3.00 bits per heavy atom. The lowest BCUT2D eigenvalue weighted by Gasteiger charge is -2.01. The van der Waals surface area contributed by atoms with Crippen molar-refractivity contribution in [2.45, 2.75) is 0 Å². The fourth-order valence-electron chi connectivity index (χ4n) is 1.98. The summed E-state index contributed by atoms with van der Waals surface area (Å²) >= 11 is 6.01. The molecule has 0 fully saturated rings. The van der Waals surface area contributed by atoms with Gasteiger partial charge in [0.05, 0.1) is 5.52 Å². The SMILES string of the molecule is C=Cn1nc(Nc2ccc3nnn(C)c3c2)nc1/C(Cl)=N\C. The number of hydrogen-bond acceptors (Lipinski definition) is 6. The van der Waals surface area contributed by atoms with Crippen molar-refractivity contribution in [1.29, 1.82) is 0 Å². The van der Waals surface area contributed by atoms with Gasteiger partial charge < -0.3 is 5.32 Å². The molecule has 0 aliphatic heterocycles. The number of nitrogens with zero attached hydrogens (tertiary/aromatic N) is 7. The minimum atomic E-state index is 0.256. The maximum atomic E-state index is 6.01. The standard InChI is InChI=1S/C13H13ClN8/c1-4-22-12(11(14)15-2)17-13(19-22)16-8-5-6-9-10(7-8)21(3)20-18-9/h4-7H,1H2,2-3H3,(H,16,19)/b15-11+. The number of halogens is 1. The molecule has 8 nitrogen and oxygen atoms in total. The Kier molecular flexibility index (Phi) is 3.60. The van der Waals surface area contributed by atoms with Crippen LogP contribution in [-0.4, -0.2) is 42.0 Å². The van der Waals surface area contributed by atoms with E-state index < -0.39 is 0 Å². The normalized spacial score (nSPS) is 11.9. The fraction of sp³-hybridized carbons (Fsp3) is 0.154. The monoisotopic (exact) mass is 316 g/mol. The van der Waals surface area contributed by atoms with Gasteiger partial charge in [0.2, 0.25) is 5.95 Å². The van der Waals surface area contributed by atoms with E-state index in [2.05, 4.69) is 37.3 Å². The number of hydrogen-bond donors (Lipinski definition) is 1. The van der Waals surface area contributed by atoms with E-state index in [1.54, 1.807) is 11.7 Å². The molecular weight excluding hydrogens is 304 g/mol. The molecule has 0 saturated heterocycles. The molecule has 112 valence electrons. The number of fused-ring (bicyclic) bond motifs is 1. The van der Waals surface area contributed by atoms with Crippen LogP contribution < -0.4 is 5.32 Å². The van der Waals surface area contributed by atoms with Crippen molar-refractivity contribution in [2.75, 3.05) is 12.4 Å². The summed E-state index contributed by atoms with van der Waals surface area (Å²) in [6.45, 7) is 3.67. The average Bonchev–Trinajstić information content (AvgIpc) is 3.11. The van der Waals surface area contributed by atoms with Crippen LogP contribution in [0.1, 0.15) is 5.82 Å². The number of aromatic nitrogens is 6. The predicted molar refractivity (Wildman–Crippen MR) is 86.5 cm³/mol. The molecule has 2 aromatic heterocycles. The lowest BCUT2D eigenvalue weighted by Crippen LogP contribution is -2.02. The molecule has 22 heavy (non-hydrogen) atoms. The Bertz CT molecular complexity index is 875. The van der Waals surface area contributed by atoms with E-state index in [9.17, 15) is 0 Å². The Hall–Kier alpha value is -2.74. The van der Waals surface area contributed by atoms with Gasteiger partial charge in [-0.3, -0.25) is 4.99 Å². The molecule has 1 N–H and O–H groups in total. The highest BCUT2D eigenvalue weighted by atomic mass is 35.5. The number of benzene rings is 1. The van der Waals surface area contributed by atoms with E-state index in [0.29, 0.717) is 11.8 Å². The van der Waals surface area contributed by atoms with E-state index in [-0.39, 0.29) is 5.17 Å². The van der Waals surface area contributed by atoms with Crippen molar-refractivity contribution in [2.24, 2.45) is 12.0 Å². The Labute approximate surface area is 131 Å². The molecule has 0 saturated carbocycles. The third-order valence-corrected chi connectivity index (χ3v) is 3.39. The molecule has 3 aromatic rings. The number of aryl methyl sites for hydroxylation is 1. The van der Waals surface area contributed by atoms with Gasteiger partial charge in [-0.25, -0.2) is 9.36 Å². The summed E-state index contributed by atoms with van der Waals surface area (Å²) in [5.74, 6) is 0.816. The van der Waals surface area contributed by atoms with Gasteiger partial charge in [0.1, 0.15) is 5.52 Å². The Morgan fingerprint density at radius 1 is 1.45 bits per heavy atom. The van der Waals surface area contributed by atoms with Crippen molar-refractivity contribution in [3.05, 3.63) is 30.6 Å². The van der Waals surface area contributed by atoms with Crippen LogP contribution in [0.2, 0.25) is 0 Å². The summed E-state index contributed by atoms with van der Waals surface area (Å²) in [6.07, 6.45) is 1.51. The van der Waals surface area contributed by atoms with E-state index in [0.717, 1.165) is 16.7 Å². The van der Waals surface area contributed by atoms with Crippen LogP contribution >= 0.6 is 11.6 Å². The molecule has 0 spiro atoms. The first kappa shape index (κ1) is 14.2. The van der Waals surface area contributed by atoms with E-state index in [1.807, 2.05) is 25.2 Å². The minimum absolute atomic E-state index is 0.256. The summed E-state index contributed by atoms with van der Waals surface area (Å²) in [6, 6.07) is 5.66. The molecule has 0 aliphatic rings. The zero-order valence-electron chi connectivity index (χ0n) is 12.0. The van der Waals surface area contributed by atoms with Gasteiger partial charge in [-0.2, -0.15) is 4.98 Å². The first-order valence-electron chi connectivity index (χ1n) is 6.40. The summed E-state index contributed by atoms with van der Waals surface area (Å²) in [5, 5.41) is 15.6. The lowest BCUT2D eigenvalue weighted by atomic mass is 10.3. The summed E-state index contributed by atoms with van der Waals surface area (Å²) < 4.78 is 3.16. The molecule has 0 unspecified atom stereocenters. The molecule has 9 heteroatoms. The molecule has 0 aliphatic carbocycles. The Balaban J connectivity index is 1.96. The van der Waals surface area contributed by atoms with Gasteiger partial charge in [-0.15, -0.1) is 10.2 Å². The second kappa shape index (κ2) is 5.57. The molecule has 0 amide bonds. The van der Waals surface area contributed by atoms with E-state index in [1.165, 1.54) is 10.9 Å². The fourth-order valence-corrected chi connectivity index (χ4v) is 2.11. The van der Waals surface area contributed by atoms with Crippen molar-refractivity contribution in [3.8, 4) is 0 Å². The highest BCUT2D eigenvalue weighted by molar-refractivity contribution is 6.69. The first-order valence-corrected chi connectivity index (χ1v) is 6.78. The summed E-state index contributed by atoms with van der Waals surface area (Å²) in [5.41, 5.74) is 2.54. The second-order valence-corrected chi connectivity index (χ2v) is 4.80. The minimum Gasteiger partial charge on any atom is -0.323 e. The van der Waals surface area contributed by atoms with E-state index in [4.69, 9.17) is 11.6 Å². The second-order valence-electron chi connectivity index (χ2n) is 4.44. The summed E-state index contributed by atoms with van der Waals surface area (Å²) in [4.78, 5) is 8.20. The lowest BCUT2D eigenvalue weighted by molar-refractivity contribution is 0.736. The van der Waals surface area contributed by atoms with Crippen LogP contribution in [0, 0.1) is 0 Å². The van der Waals surface area contributed by atoms with Crippen molar-refractivity contribution < 1.29 is 0 Å². The zero-order chi connectivity index (χ0) is 15.7. The third kappa shape index (κ3) is 2.44. The Morgan fingerprint density at radius 2 is 2.27 bits per heavy atom. The smallest absolute Gasteiger partial charge is 0.247 e. The van der Waals surface area contributed by atoms with Gasteiger partial charge in [-0.05, 0) is 18.2 Å². The maximum absolute atomic E-state index is 6.01. The van der Waals surface area contributed by atoms with Crippen molar-refractivity contribution in [3.63, 3.8) is 0 Å². The molecule has 0 atom stereocenters. The van der Waals surface area contributed by atoms with Crippen molar-refractivity contribution in [1.82, 2.24) is 29.8 Å². The molecule has 1 aromatic carbocycles. The average molecular weight is 317 g/mol. The third-order valence-electron chi connectivity index (χ3n) is 3.05. The van der Waals surface area contributed by atoms with Crippen LogP contribution in [0.15, 0.2) is 29.8 Å². The molecule has 0 radical (unpaired) electrons.